The van der Waals surface area contributed by atoms with Gasteiger partial charge in [-0.25, -0.2) is 4.98 Å². The monoisotopic (exact) mass is 270 g/mol. The van der Waals surface area contributed by atoms with Crippen molar-refractivity contribution in [3.63, 3.8) is 0 Å². The van der Waals surface area contributed by atoms with Crippen LogP contribution < -0.4 is 10.5 Å². The SMILES string of the molecule is Nc1ccc(OCC(F)(F)F)nc1Br. The van der Waals surface area contributed by atoms with E-state index in [0.29, 0.717) is 5.69 Å². The Labute approximate surface area is 86.2 Å². The minimum Gasteiger partial charge on any atom is -0.468 e. The van der Waals surface area contributed by atoms with Crippen LogP contribution in [0.4, 0.5) is 18.9 Å². The highest BCUT2D eigenvalue weighted by molar-refractivity contribution is 9.10. The molecule has 2 N–H and O–H groups in total. The number of alkyl halides is 3. The van der Waals surface area contributed by atoms with E-state index < -0.39 is 12.8 Å². The highest BCUT2D eigenvalue weighted by atomic mass is 79.9. The third kappa shape index (κ3) is 3.41. The lowest BCUT2D eigenvalue weighted by Crippen LogP contribution is -2.19. The summed E-state index contributed by atoms with van der Waals surface area (Å²) in [6.07, 6.45) is -4.37. The number of halogens is 4. The van der Waals surface area contributed by atoms with Crippen molar-refractivity contribution in [2.24, 2.45) is 0 Å². The fourth-order valence-electron chi connectivity index (χ4n) is 0.665. The summed E-state index contributed by atoms with van der Waals surface area (Å²) in [5.41, 5.74) is 5.72. The van der Waals surface area contributed by atoms with E-state index >= 15 is 0 Å². The van der Waals surface area contributed by atoms with Gasteiger partial charge < -0.3 is 10.5 Å². The molecule has 1 aromatic rings. The van der Waals surface area contributed by atoms with Crippen LogP contribution in [0.3, 0.4) is 0 Å². The second kappa shape index (κ2) is 4.04. The van der Waals surface area contributed by atoms with Gasteiger partial charge in [0.1, 0.15) is 4.60 Å². The first-order valence-corrected chi connectivity index (χ1v) is 4.29. The van der Waals surface area contributed by atoms with Crippen molar-refractivity contribution in [1.82, 2.24) is 4.98 Å². The molecular weight excluding hydrogens is 265 g/mol. The normalized spacial score (nSPS) is 11.4. The molecule has 1 aromatic heterocycles. The largest absolute Gasteiger partial charge is 0.468 e. The summed E-state index contributed by atoms with van der Waals surface area (Å²) in [5.74, 6) is -0.122. The van der Waals surface area contributed by atoms with Crippen molar-refractivity contribution in [1.29, 1.82) is 0 Å². The molecule has 0 aliphatic rings. The number of anilines is 1. The Kier molecular flexibility index (Phi) is 3.20. The van der Waals surface area contributed by atoms with Crippen LogP contribution in [0, 0.1) is 0 Å². The number of nitrogens with two attached hydrogens (primary N) is 1. The molecular formula is C7H6BrF3N2O. The number of nitrogen functional groups attached to an aromatic ring is 1. The number of aromatic nitrogens is 1. The zero-order chi connectivity index (χ0) is 10.8. The smallest absolute Gasteiger partial charge is 0.422 e. The predicted octanol–water partition coefficient (Wildman–Crippen LogP) is 2.37. The number of hydrogen-bond acceptors (Lipinski definition) is 3. The Morgan fingerprint density at radius 1 is 1.43 bits per heavy atom. The van der Waals surface area contributed by atoms with Crippen LogP contribution in [-0.4, -0.2) is 17.8 Å². The van der Waals surface area contributed by atoms with Crippen LogP contribution in [0.15, 0.2) is 16.7 Å². The van der Waals surface area contributed by atoms with Gasteiger partial charge in [-0.1, -0.05) is 0 Å². The average Bonchev–Trinajstić information content (AvgIpc) is 2.06. The molecule has 0 amide bonds. The molecule has 3 nitrogen and oxygen atoms in total. The van der Waals surface area contributed by atoms with E-state index in [9.17, 15) is 13.2 Å². The van der Waals surface area contributed by atoms with E-state index in [1.165, 1.54) is 12.1 Å². The summed E-state index contributed by atoms with van der Waals surface area (Å²) < 4.78 is 39.8. The van der Waals surface area contributed by atoms with Gasteiger partial charge in [0.2, 0.25) is 5.88 Å². The van der Waals surface area contributed by atoms with Crippen molar-refractivity contribution in [2.45, 2.75) is 6.18 Å². The Morgan fingerprint density at radius 3 is 2.57 bits per heavy atom. The first-order chi connectivity index (χ1) is 6.38. The third-order valence-electron chi connectivity index (χ3n) is 1.24. The molecule has 0 atom stereocenters. The summed E-state index contributed by atoms with van der Waals surface area (Å²) in [6, 6.07) is 2.68. The lowest BCUT2D eigenvalue weighted by molar-refractivity contribution is -0.154. The molecule has 78 valence electrons. The van der Waals surface area contributed by atoms with E-state index in [-0.39, 0.29) is 10.5 Å². The maximum absolute atomic E-state index is 11.7. The molecule has 0 bridgehead atoms. The molecule has 0 saturated heterocycles. The lowest BCUT2D eigenvalue weighted by atomic mass is 10.4. The van der Waals surface area contributed by atoms with Crippen molar-refractivity contribution in [3.8, 4) is 5.88 Å². The highest BCUT2D eigenvalue weighted by Crippen LogP contribution is 2.22. The summed E-state index contributed by atoms with van der Waals surface area (Å²) in [4.78, 5) is 3.65. The van der Waals surface area contributed by atoms with Gasteiger partial charge in [0, 0.05) is 6.07 Å². The Balaban J connectivity index is 2.65. The fraction of sp³-hybridized carbons (Fsp3) is 0.286. The zero-order valence-corrected chi connectivity index (χ0v) is 8.39. The molecule has 14 heavy (non-hydrogen) atoms. The maximum Gasteiger partial charge on any atom is 0.422 e. The summed E-state index contributed by atoms with van der Waals surface area (Å²) in [7, 11) is 0. The van der Waals surface area contributed by atoms with E-state index in [1.807, 2.05) is 0 Å². The van der Waals surface area contributed by atoms with Crippen LogP contribution in [0.1, 0.15) is 0 Å². The van der Waals surface area contributed by atoms with Crippen LogP contribution in [0.2, 0.25) is 0 Å². The molecule has 0 spiro atoms. The summed E-state index contributed by atoms with van der Waals surface area (Å²) >= 11 is 2.97. The van der Waals surface area contributed by atoms with Gasteiger partial charge >= 0.3 is 6.18 Å². The van der Waals surface area contributed by atoms with Crippen molar-refractivity contribution in [2.75, 3.05) is 12.3 Å². The Bertz CT molecular complexity index is 329. The van der Waals surface area contributed by atoms with Gasteiger partial charge in [-0.3, -0.25) is 0 Å². The second-order valence-electron chi connectivity index (χ2n) is 2.43. The van der Waals surface area contributed by atoms with E-state index in [2.05, 4.69) is 25.7 Å². The second-order valence-corrected chi connectivity index (χ2v) is 3.18. The van der Waals surface area contributed by atoms with Crippen molar-refractivity contribution in [3.05, 3.63) is 16.7 Å². The molecule has 0 aliphatic carbocycles. The van der Waals surface area contributed by atoms with Crippen molar-refractivity contribution < 1.29 is 17.9 Å². The molecule has 0 aromatic carbocycles. The quantitative estimate of drug-likeness (QED) is 0.840. The van der Waals surface area contributed by atoms with Gasteiger partial charge in [-0.2, -0.15) is 13.2 Å². The van der Waals surface area contributed by atoms with Gasteiger partial charge in [0.25, 0.3) is 0 Å². The van der Waals surface area contributed by atoms with E-state index in [4.69, 9.17) is 5.73 Å². The molecule has 0 saturated carbocycles. The third-order valence-corrected chi connectivity index (χ3v) is 1.87. The van der Waals surface area contributed by atoms with E-state index in [1.54, 1.807) is 0 Å². The Hall–Kier alpha value is -0.980. The minimum absolute atomic E-state index is 0.122. The zero-order valence-electron chi connectivity index (χ0n) is 6.81. The number of rotatable bonds is 2. The van der Waals surface area contributed by atoms with E-state index in [0.717, 1.165) is 0 Å². The van der Waals surface area contributed by atoms with Gasteiger partial charge in [0.05, 0.1) is 5.69 Å². The van der Waals surface area contributed by atoms with Gasteiger partial charge in [-0.05, 0) is 22.0 Å². The first kappa shape index (κ1) is 11.1. The summed E-state index contributed by atoms with van der Waals surface area (Å²) in [5, 5.41) is 0. The average molecular weight is 271 g/mol. The van der Waals surface area contributed by atoms with Crippen molar-refractivity contribution >= 4 is 21.6 Å². The van der Waals surface area contributed by atoms with Crippen LogP contribution in [-0.2, 0) is 0 Å². The molecule has 0 aliphatic heterocycles. The molecule has 0 fully saturated rings. The van der Waals surface area contributed by atoms with Crippen LogP contribution >= 0.6 is 15.9 Å². The van der Waals surface area contributed by atoms with Gasteiger partial charge in [-0.15, -0.1) is 0 Å². The molecule has 0 unspecified atom stereocenters. The fourth-order valence-corrected chi connectivity index (χ4v) is 0.971. The minimum atomic E-state index is -4.37. The number of pyridine rings is 1. The maximum atomic E-state index is 11.7. The summed E-state index contributed by atoms with van der Waals surface area (Å²) in [6.45, 7) is -1.36. The highest BCUT2D eigenvalue weighted by Gasteiger charge is 2.28. The topological polar surface area (TPSA) is 48.1 Å². The molecule has 1 rings (SSSR count). The standard InChI is InChI=1S/C7H6BrF3N2O/c8-6-4(12)1-2-5(13-6)14-3-7(9,10)11/h1-2H,3,12H2. The van der Waals surface area contributed by atoms with Crippen LogP contribution in [0.5, 0.6) is 5.88 Å². The predicted molar refractivity (Wildman–Crippen MR) is 47.9 cm³/mol. The number of nitrogens with zero attached hydrogens (tertiary/aromatic N) is 1. The number of hydrogen-bond donors (Lipinski definition) is 1. The number of ether oxygens (including phenoxy) is 1. The Morgan fingerprint density at radius 2 is 2.07 bits per heavy atom. The molecule has 7 heteroatoms. The molecule has 1 heterocycles. The van der Waals surface area contributed by atoms with Crippen LogP contribution in [0.25, 0.3) is 0 Å². The lowest BCUT2D eigenvalue weighted by Gasteiger charge is -2.08. The van der Waals surface area contributed by atoms with Gasteiger partial charge in [0.15, 0.2) is 6.61 Å². The first-order valence-electron chi connectivity index (χ1n) is 3.50. The molecule has 0 radical (unpaired) electrons.